The number of carboxylic acid groups (broad SMARTS) is 1. The number of aromatic nitrogens is 1. The molecule has 0 unspecified atom stereocenters. The van der Waals surface area contributed by atoms with Crippen molar-refractivity contribution < 1.29 is 19.5 Å². The van der Waals surface area contributed by atoms with Crippen LogP contribution in [0.25, 0.3) is 0 Å². The highest BCUT2D eigenvalue weighted by Crippen LogP contribution is 2.14. The fourth-order valence-corrected chi connectivity index (χ4v) is 1.00. The maximum Gasteiger partial charge on any atom is 0.358 e. The first-order valence-corrected chi connectivity index (χ1v) is 3.52. The second-order valence-corrected chi connectivity index (χ2v) is 2.25. The molecule has 0 saturated heterocycles. The summed E-state index contributed by atoms with van der Waals surface area (Å²) in [4.78, 5) is 10.5. The van der Waals surface area contributed by atoms with E-state index in [1.165, 1.54) is 0 Å². The minimum atomic E-state index is -1.13. The zero-order valence-corrected chi connectivity index (χ0v) is 6.57. The summed E-state index contributed by atoms with van der Waals surface area (Å²) in [6.45, 7) is 1.46. The molecule has 1 rings (SSSR count). The van der Waals surface area contributed by atoms with E-state index < -0.39 is 5.97 Å². The number of nitrogens with zero attached hydrogens (tertiary/aromatic N) is 1. The quantitative estimate of drug-likeness (QED) is 0.688. The second kappa shape index (κ2) is 3.36. The van der Waals surface area contributed by atoms with Gasteiger partial charge < -0.3 is 14.7 Å². The molecule has 0 aliphatic heterocycles. The highest BCUT2D eigenvalue weighted by atomic mass is 16.5. The molecule has 0 saturated carbocycles. The van der Waals surface area contributed by atoms with Gasteiger partial charge in [0.1, 0.15) is 6.61 Å². The Balaban J connectivity index is 3.13. The monoisotopic (exact) mass is 171 g/mol. The zero-order chi connectivity index (χ0) is 9.14. The number of aromatic carboxylic acids is 1. The lowest BCUT2D eigenvalue weighted by Gasteiger charge is -1.92. The average Bonchev–Trinajstić information content (AvgIpc) is 2.46. The summed E-state index contributed by atoms with van der Waals surface area (Å²) in [5.74, 6) is -0.898. The highest BCUT2D eigenvalue weighted by Gasteiger charge is 2.18. The largest absolute Gasteiger partial charge is 0.476 e. The Bertz CT molecular complexity index is 292. The summed E-state index contributed by atoms with van der Waals surface area (Å²) in [7, 11) is 0. The molecule has 5 heteroatoms. The van der Waals surface area contributed by atoms with E-state index in [1.807, 2.05) is 0 Å². The Morgan fingerprint density at radius 3 is 2.75 bits per heavy atom. The molecule has 1 heterocycles. The second-order valence-electron chi connectivity index (χ2n) is 2.25. The molecule has 0 aliphatic carbocycles. The van der Waals surface area contributed by atoms with Gasteiger partial charge in [-0.1, -0.05) is 12.1 Å². The molecule has 0 fully saturated rings. The van der Waals surface area contributed by atoms with E-state index in [0.29, 0.717) is 12.0 Å². The van der Waals surface area contributed by atoms with E-state index in [2.05, 4.69) is 9.68 Å². The lowest BCUT2D eigenvalue weighted by atomic mass is 10.1. The molecular weight excluding hydrogens is 162 g/mol. The summed E-state index contributed by atoms with van der Waals surface area (Å²) < 4.78 is 4.62. The van der Waals surface area contributed by atoms with E-state index in [4.69, 9.17) is 10.2 Å². The van der Waals surface area contributed by atoms with Gasteiger partial charge in [0, 0.05) is 5.56 Å². The first-order valence-electron chi connectivity index (χ1n) is 3.52. The number of aliphatic hydroxyl groups is 1. The SMILES string of the molecule is CCc1c(C(=O)O)noc1CO. The third-order valence-electron chi connectivity index (χ3n) is 1.57. The minimum absolute atomic E-state index is 0.110. The van der Waals surface area contributed by atoms with Gasteiger partial charge in [-0.05, 0) is 6.42 Å². The Kier molecular flexibility index (Phi) is 2.44. The molecule has 0 aromatic carbocycles. The molecule has 0 atom stereocenters. The van der Waals surface area contributed by atoms with Crippen molar-refractivity contribution in [1.29, 1.82) is 0 Å². The third kappa shape index (κ3) is 1.31. The van der Waals surface area contributed by atoms with E-state index in [-0.39, 0.29) is 18.1 Å². The van der Waals surface area contributed by atoms with Gasteiger partial charge in [0.15, 0.2) is 11.5 Å². The van der Waals surface area contributed by atoms with Crippen LogP contribution >= 0.6 is 0 Å². The highest BCUT2D eigenvalue weighted by molar-refractivity contribution is 5.87. The Hall–Kier alpha value is -1.36. The normalized spacial score (nSPS) is 10.2. The zero-order valence-electron chi connectivity index (χ0n) is 6.57. The van der Waals surface area contributed by atoms with E-state index in [1.54, 1.807) is 6.92 Å². The van der Waals surface area contributed by atoms with Gasteiger partial charge in [0.2, 0.25) is 0 Å². The number of carbonyl (C=O) groups is 1. The van der Waals surface area contributed by atoms with Crippen molar-refractivity contribution in [2.75, 3.05) is 0 Å². The fourth-order valence-electron chi connectivity index (χ4n) is 1.00. The van der Waals surface area contributed by atoms with Crippen molar-refractivity contribution in [1.82, 2.24) is 5.16 Å². The van der Waals surface area contributed by atoms with Crippen LogP contribution in [0.3, 0.4) is 0 Å². The van der Waals surface area contributed by atoms with Crippen LogP contribution in [-0.4, -0.2) is 21.3 Å². The molecule has 0 amide bonds. The molecule has 1 aromatic heterocycles. The Labute approximate surface area is 68.6 Å². The van der Waals surface area contributed by atoms with Crippen LogP contribution in [-0.2, 0) is 13.0 Å². The van der Waals surface area contributed by atoms with Crippen LogP contribution in [0.5, 0.6) is 0 Å². The van der Waals surface area contributed by atoms with Crippen LogP contribution in [0.2, 0.25) is 0 Å². The van der Waals surface area contributed by atoms with Crippen LogP contribution in [0.4, 0.5) is 0 Å². The molecule has 0 aliphatic rings. The lowest BCUT2D eigenvalue weighted by molar-refractivity contribution is 0.0684. The van der Waals surface area contributed by atoms with Gasteiger partial charge in [0.25, 0.3) is 0 Å². The maximum atomic E-state index is 10.5. The van der Waals surface area contributed by atoms with Crippen LogP contribution < -0.4 is 0 Å². The summed E-state index contributed by atoms with van der Waals surface area (Å²) in [6.07, 6.45) is 0.487. The number of aliphatic hydroxyl groups excluding tert-OH is 1. The molecule has 66 valence electrons. The predicted molar refractivity (Wildman–Crippen MR) is 38.8 cm³/mol. The maximum absolute atomic E-state index is 10.5. The van der Waals surface area contributed by atoms with Gasteiger partial charge in [-0.2, -0.15) is 0 Å². The van der Waals surface area contributed by atoms with Crippen LogP contribution in [0.15, 0.2) is 4.52 Å². The van der Waals surface area contributed by atoms with Crippen molar-refractivity contribution in [2.45, 2.75) is 20.0 Å². The minimum Gasteiger partial charge on any atom is -0.476 e. The topological polar surface area (TPSA) is 83.6 Å². The molecule has 0 radical (unpaired) electrons. The van der Waals surface area contributed by atoms with E-state index in [9.17, 15) is 4.79 Å². The number of hydrogen-bond donors (Lipinski definition) is 2. The fraction of sp³-hybridized carbons (Fsp3) is 0.429. The first kappa shape index (κ1) is 8.73. The van der Waals surface area contributed by atoms with Crippen LogP contribution in [0.1, 0.15) is 28.7 Å². The lowest BCUT2D eigenvalue weighted by Crippen LogP contribution is -2.01. The number of hydrogen-bond acceptors (Lipinski definition) is 4. The van der Waals surface area contributed by atoms with E-state index in [0.717, 1.165) is 0 Å². The Morgan fingerprint density at radius 1 is 1.67 bits per heavy atom. The van der Waals surface area contributed by atoms with E-state index >= 15 is 0 Å². The summed E-state index contributed by atoms with van der Waals surface area (Å²) in [5.41, 5.74) is 0.353. The molecule has 0 bridgehead atoms. The van der Waals surface area contributed by atoms with Gasteiger partial charge in [-0.3, -0.25) is 0 Å². The number of carboxylic acids is 1. The predicted octanol–water partition coefficient (Wildman–Crippen LogP) is 0.428. The van der Waals surface area contributed by atoms with Crippen LogP contribution in [0, 0.1) is 0 Å². The van der Waals surface area contributed by atoms with Crippen molar-refractivity contribution >= 4 is 5.97 Å². The van der Waals surface area contributed by atoms with Gasteiger partial charge >= 0.3 is 5.97 Å². The smallest absolute Gasteiger partial charge is 0.358 e. The first-order chi connectivity index (χ1) is 5.70. The van der Waals surface area contributed by atoms with Crippen molar-refractivity contribution in [2.24, 2.45) is 0 Å². The molecule has 2 N–H and O–H groups in total. The molecular formula is C7H9NO4. The Morgan fingerprint density at radius 2 is 2.33 bits per heavy atom. The van der Waals surface area contributed by atoms with Gasteiger partial charge in [-0.15, -0.1) is 0 Å². The standard InChI is InChI=1S/C7H9NO4/c1-2-4-5(3-9)12-8-6(4)7(10)11/h9H,2-3H2,1H3,(H,10,11). The van der Waals surface area contributed by atoms with Crippen molar-refractivity contribution in [3.63, 3.8) is 0 Å². The summed E-state index contributed by atoms with van der Waals surface area (Å²) in [5, 5.41) is 20.6. The van der Waals surface area contributed by atoms with Gasteiger partial charge in [0.05, 0.1) is 0 Å². The molecule has 0 spiro atoms. The molecule has 12 heavy (non-hydrogen) atoms. The van der Waals surface area contributed by atoms with Crippen molar-refractivity contribution in [3.05, 3.63) is 17.0 Å². The summed E-state index contributed by atoms with van der Waals surface area (Å²) in [6, 6.07) is 0. The molecule has 1 aromatic rings. The molecule has 5 nitrogen and oxygen atoms in total. The summed E-state index contributed by atoms with van der Waals surface area (Å²) >= 11 is 0. The van der Waals surface area contributed by atoms with Gasteiger partial charge in [-0.25, -0.2) is 4.79 Å². The average molecular weight is 171 g/mol. The third-order valence-corrected chi connectivity index (χ3v) is 1.57. The van der Waals surface area contributed by atoms with Crippen molar-refractivity contribution in [3.8, 4) is 0 Å². The number of rotatable bonds is 3.